The Labute approximate surface area is 115 Å². The van der Waals surface area contributed by atoms with E-state index in [9.17, 15) is 4.79 Å². The van der Waals surface area contributed by atoms with Gasteiger partial charge in [-0.15, -0.1) is 0 Å². The van der Waals surface area contributed by atoms with Crippen LogP contribution in [0.5, 0.6) is 0 Å². The van der Waals surface area contributed by atoms with E-state index >= 15 is 0 Å². The standard InChI is InChI=1S/C15H24N2O2/c1-5-17(9-10-19-6-2)15(18)14-8-7-13(16-4)11-12(14)3/h7-8,11,16H,5-6,9-10H2,1-4H3. The summed E-state index contributed by atoms with van der Waals surface area (Å²) in [4.78, 5) is 14.3. The number of benzene rings is 1. The zero-order valence-electron chi connectivity index (χ0n) is 12.3. The predicted molar refractivity (Wildman–Crippen MR) is 78.8 cm³/mol. The van der Waals surface area contributed by atoms with Crippen LogP contribution in [-0.2, 0) is 4.74 Å². The van der Waals surface area contributed by atoms with Crippen LogP contribution >= 0.6 is 0 Å². The fraction of sp³-hybridized carbons (Fsp3) is 0.533. The summed E-state index contributed by atoms with van der Waals surface area (Å²) < 4.78 is 5.31. The van der Waals surface area contributed by atoms with Gasteiger partial charge in [-0.1, -0.05) is 0 Å². The third-order valence-corrected chi connectivity index (χ3v) is 3.12. The number of anilines is 1. The molecule has 0 saturated carbocycles. The fourth-order valence-corrected chi connectivity index (χ4v) is 1.95. The molecular formula is C15H24N2O2. The number of likely N-dealkylation sites (N-methyl/N-ethyl adjacent to an activating group) is 1. The minimum Gasteiger partial charge on any atom is -0.388 e. The molecule has 1 rings (SSSR count). The SMILES string of the molecule is CCOCCN(CC)C(=O)c1ccc(NC)cc1C. The van der Waals surface area contributed by atoms with Gasteiger partial charge in [-0.3, -0.25) is 4.79 Å². The second-order valence-electron chi connectivity index (χ2n) is 4.36. The first-order chi connectivity index (χ1) is 9.13. The van der Waals surface area contributed by atoms with Crippen molar-refractivity contribution in [2.45, 2.75) is 20.8 Å². The number of nitrogens with zero attached hydrogens (tertiary/aromatic N) is 1. The Morgan fingerprint density at radius 3 is 2.63 bits per heavy atom. The molecule has 1 aromatic rings. The molecular weight excluding hydrogens is 240 g/mol. The summed E-state index contributed by atoms with van der Waals surface area (Å²) in [6, 6.07) is 5.80. The quantitative estimate of drug-likeness (QED) is 0.769. The summed E-state index contributed by atoms with van der Waals surface area (Å²) in [5.41, 5.74) is 2.77. The summed E-state index contributed by atoms with van der Waals surface area (Å²) in [5, 5.41) is 3.07. The lowest BCUT2D eigenvalue weighted by Gasteiger charge is -2.22. The van der Waals surface area contributed by atoms with Gasteiger partial charge < -0.3 is 15.0 Å². The number of amides is 1. The zero-order chi connectivity index (χ0) is 14.3. The van der Waals surface area contributed by atoms with Crippen molar-refractivity contribution in [3.8, 4) is 0 Å². The van der Waals surface area contributed by atoms with Crippen LogP contribution in [0.3, 0.4) is 0 Å². The molecule has 1 aromatic carbocycles. The van der Waals surface area contributed by atoms with Crippen molar-refractivity contribution in [2.24, 2.45) is 0 Å². The first-order valence-corrected chi connectivity index (χ1v) is 6.79. The lowest BCUT2D eigenvalue weighted by molar-refractivity contribution is 0.0668. The molecule has 0 aliphatic heterocycles. The Kier molecular flexibility index (Phi) is 6.36. The Balaban J connectivity index is 2.79. The van der Waals surface area contributed by atoms with Gasteiger partial charge in [-0.25, -0.2) is 0 Å². The summed E-state index contributed by atoms with van der Waals surface area (Å²) >= 11 is 0. The van der Waals surface area contributed by atoms with E-state index in [1.165, 1.54) is 0 Å². The first kappa shape index (κ1) is 15.5. The number of rotatable bonds is 7. The fourth-order valence-electron chi connectivity index (χ4n) is 1.95. The number of nitrogens with one attached hydrogen (secondary N) is 1. The average Bonchev–Trinajstić information content (AvgIpc) is 2.43. The Hall–Kier alpha value is -1.55. The molecule has 1 amide bonds. The van der Waals surface area contributed by atoms with Crippen LogP contribution in [0.25, 0.3) is 0 Å². The van der Waals surface area contributed by atoms with Crippen molar-refractivity contribution in [3.05, 3.63) is 29.3 Å². The molecule has 0 heterocycles. The summed E-state index contributed by atoms with van der Waals surface area (Å²) in [7, 11) is 1.87. The maximum Gasteiger partial charge on any atom is 0.254 e. The number of hydrogen-bond donors (Lipinski definition) is 1. The summed E-state index contributed by atoms with van der Waals surface area (Å²) in [6.07, 6.45) is 0. The van der Waals surface area contributed by atoms with Crippen molar-refractivity contribution in [2.75, 3.05) is 38.7 Å². The largest absolute Gasteiger partial charge is 0.388 e. The van der Waals surface area contributed by atoms with Crippen molar-refractivity contribution in [1.29, 1.82) is 0 Å². The molecule has 0 aliphatic carbocycles. The van der Waals surface area contributed by atoms with Crippen molar-refractivity contribution in [3.63, 3.8) is 0 Å². The molecule has 106 valence electrons. The smallest absolute Gasteiger partial charge is 0.254 e. The Morgan fingerprint density at radius 1 is 1.37 bits per heavy atom. The molecule has 0 aromatic heterocycles. The van der Waals surface area contributed by atoms with Gasteiger partial charge in [0.25, 0.3) is 5.91 Å². The van der Waals surface area contributed by atoms with Crippen molar-refractivity contribution in [1.82, 2.24) is 4.90 Å². The van der Waals surface area contributed by atoms with Gasteiger partial charge in [-0.05, 0) is 44.5 Å². The van der Waals surface area contributed by atoms with Gasteiger partial charge in [0.2, 0.25) is 0 Å². The highest BCUT2D eigenvalue weighted by atomic mass is 16.5. The molecule has 0 saturated heterocycles. The van der Waals surface area contributed by atoms with E-state index in [4.69, 9.17) is 4.74 Å². The molecule has 0 bridgehead atoms. The van der Waals surface area contributed by atoms with Crippen LogP contribution < -0.4 is 5.32 Å². The second-order valence-corrected chi connectivity index (χ2v) is 4.36. The van der Waals surface area contributed by atoms with Crippen LogP contribution in [0, 0.1) is 6.92 Å². The molecule has 4 nitrogen and oxygen atoms in total. The number of ether oxygens (including phenoxy) is 1. The van der Waals surface area contributed by atoms with E-state index in [0.717, 1.165) is 16.8 Å². The van der Waals surface area contributed by atoms with E-state index < -0.39 is 0 Å². The maximum atomic E-state index is 12.4. The highest BCUT2D eigenvalue weighted by Crippen LogP contribution is 2.16. The molecule has 0 unspecified atom stereocenters. The first-order valence-electron chi connectivity index (χ1n) is 6.79. The molecule has 0 aliphatic rings. The molecule has 0 radical (unpaired) electrons. The average molecular weight is 264 g/mol. The Bertz CT molecular complexity index is 419. The highest BCUT2D eigenvalue weighted by molar-refractivity contribution is 5.96. The predicted octanol–water partition coefficient (Wildman–Crippen LogP) is 2.54. The van der Waals surface area contributed by atoms with Crippen LogP contribution in [0.4, 0.5) is 5.69 Å². The van der Waals surface area contributed by atoms with Gasteiger partial charge in [0.15, 0.2) is 0 Å². The molecule has 0 fully saturated rings. The van der Waals surface area contributed by atoms with Gasteiger partial charge in [0.05, 0.1) is 6.61 Å². The minimum atomic E-state index is 0.0716. The van der Waals surface area contributed by atoms with E-state index in [0.29, 0.717) is 26.3 Å². The molecule has 0 spiro atoms. The van der Waals surface area contributed by atoms with Gasteiger partial charge >= 0.3 is 0 Å². The van der Waals surface area contributed by atoms with Crippen LogP contribution in [0.2, 0.25) is 0 Å². The van der Waals surface area contributed by atoms with E-state index in [1.54, 1.807) is 0 Å². The van der Waals surface area contributed by atoms with Crippen molar-refractivity contribution < 1.29 is 9.53 Å². The molecule has 4 heteroatoms. The molecule has 19 heavy (non-hydrogen) atoms. The second kappa shape index (κ2) is 7.79. The summed E-state index contributed by atoms with van der Waals surface area (Å²) in [5.74, 6) is 0.0716. The van der Waals surface area contributed by atoms with Gasteiger partial charge in [0, 0.05) is 38.0 Å². The van der Waals surface area contributed by atoms with Crippen LogP contribution in [-0.4, -0.2) is 44.2 Å². The van der Waals surface area contributed by atoms with Crippen molar-refractivity contribution >= 4 is 11.6 Å². The summed E-state index contributed by atoms with van der Waals surface area (Å²) in [6.45, 7) is 8.51. The minimum absolute atomic E-state index is 0.0716. The number of hydrogen-bond acceptors (Lipinski definition) is 3. The third kappa shape index (κ3) is 4.24. The topological polar surface area (TPSA) is 41.6 Å². The molecule has 0 atom stereocenters. The third-order valence-electron chi connectivity index (χ3n) is 3.12. The van der Waals surface area contributed by atoms with Crippen LogP contribution in [0.15, 0.2) is 18.2 Å². The molecule has 1 N–H and O–H groups in total. The van der Waals surface area contributed by atoms with Gasteiger partial charge in [0.1, 0.15) is 0 Å². The van der Waals surface area contributed by atoms with E-state index in [1.807, 2.05) is 50.9 Å². The maximum absolute atomic E-state index is 12.4. The number of aryl methyl sites for hydroxylation is 1. The Morgan fingerprint density at radius 2 is 2.11 bits per heavy atom. The lowest BCUT2D eigenvalue weighted by atomic mass is 10.1. The lowest BCUT2D eigenvalue weighted by Crippen LogP contribution is -2.34. The van der Waals surface area contributed by atoms with Gasteiger partial charge in [-0.2, -0.15) is 0 Å². The number of carbonyl (C=O) groups excluding carboxylic acids is 1. The number of carbonyl (C=O) groups is 1. The monoisotopic (exact) mass is 264 g/mol. The van der Waals surface area contributed by atoms with E-state index in [2.05, 4.69) is 5.32 Å². The highest BCUT2D eigenvalue weighted by Gasteiger charge is 2.16. The van der Waals surface area contributed by atoms with Crippen LogP contribution in [0.1, 0.15) is 29.8 Å². The normalized spacial score (nSPS) is 10.3. The zero-order valence-corrected chi connectivity index (χ0v) is 12.3. The van der Waals surface area contributed by atoms with E-state index in [-0.39, 0.29) is 5.91 Å².